The van der Waals surface area contributed by atoms with Gasteiger partial charge in [0, 0.05) is 25.4 Å². The van der Waals surface area contributed by atoms with E-state index in [1.54, 1.807) is 7.11 Å². The Morgan fingerprint density at radius 2 is 2.39 bits per heavy atom. The lowest BCUT2D eigenvalue weighted by molar-refractivity contribution is -0.118. The zero-order valence-corrected chi connectivity index (χ0v) is 10.7. The van der Waals surface area contributed by atoms with E-state index < -0.39 is 0 Å². The monoisotopic (exact) mass is 250 g/mol. The molecule has 0 radical (unpaired) electrons. The second-order valence-corrected chi connectivity index (χ2v) is 4.37. The third-order valence-electron chi connectivity index (χ3n) is 2.78. The number of anilines is 2. The summed E-state index contributed by atoms with van der Waals surface area (Å²) < 4.78 is 10.3. The number of rotatable bonds is 5. The highest BCUT2D eigenvalue weighted by Crippen LogP contribution is 2.30. The van der Waals surface area contributed by atoms with Crippen LogP contribution >= 0.6 is 0 Å². The molecule has 1 aliphatic rings. The molecular formula is C13H18N2O3. The molecule has 1 amide bonds. The Morgan fingerprint density at radius 3 is 3.17 bits per heavy atom. The van der Waals surface area contributed by atoms with Gasteiger partial charge in [-0.1, -0.05) is 0 Å². The van der Waals surface area contributed by atoms with Crippen LogP contribution in [0.15, 0.2) is 18.2 Å². The van der Waals surface area contributed by atoms with Crippen LogP contribution in [0.5, 0.6) is 5.75 Å². The summed E-state index contributed by atoms with van der Waals surface area (Å²) in [5.41, 5.74) is 1.68. The molecule has 0 aromatic heterocycles. The number of carbonyl (C=O) groups excluding carboxylic acids is 1. The van der Waals surface area contributed by atoms with Crippen LogP contribution in [0, 0.1) is 0 Å². The van der Waals surface area contributed by atoms with E-state index in [1.807, 2.05) is 18.2 Å². The van der Waals surface area contributed by atoms with Gasteiger partial charge in [0.15, 0.2) is 6.61 Å². The number of amides is 1. The molecule has 2 rings (SSSR count). The van der Waals surface area contributed by atoms with Gasteiger partial charge in [-0.2, -0.15) is 0 Å². The highest BCUT2D eigenvalue weighted by atomic mass is 16.5. The fourth-order valence-electron chi connectivity index (χ4n) is 1.82. The molecule has 18 heavy (non-hydrogen) atoms. The summed E-state index contributed by atoms with van der Waals surface area (Å²) in [5, 5.41) is 6.14. The summed E-state index contributed by atoms with van der Waals surface area (Å²) in [6.45, 7) is 2.90. The molecule has 0 spiro atoms. The number of hydrogen-bond acceptors (Lipinski definition) is 4. The Bertz CT molecular complexity index is 434. The molecule has 0 bridgehead atoms. The van der Waals surface area contributed by atoms with Crippen molar-refractivity contribution in [3.05, 3.63) is 18.2 Å². The standard InChI is InChI=1S/C13H18N2O3/c1-9(5-6-17-2)14-10-3-4-12-11(7-10)15-13(16)8-18-12/h3-4,7,9,14H,5-6,8H2,1-2H3,(H,15,16). The van der Waals surface area contributed by atoms with Crippen LogP contribution in [-0.2, 0) is 9.53 Å². The molecule has 0 fully saturated rings. The number of nitrogens with one attached hydrogen (secondary N) is 2. The minimum absolute atomic E-state index is 0.0873. The van der Waals surface area contributed by atoms with E-state index >= 15 is 0 Å². The molecular weight excluding hydrogens is 232 g/mol. The molecule has 98 valence electrons. The molecule has 2 N–H and O–H groups in total. The first-order chi connectivity index (χ1) is 8.69. The van der Waals surface area contributed by atoms with Crippen molar-refractivity contribution in [2.24, 2.45) is 0 Å². The number of carbonyl (C=O) groups is 1. The predicted octanol–water partition coefficient (Wildman–Crippen LogP) is 1.85. The Labute approximate surface area is 106 Å². The second-order valence-electron chi connectivity index (χ2n) is 4.37. The maximum absolute atomic E-state index is 11.2. The zero-order chi connectivity index (χ0) is 13.0. The fourth-order valence-corrected chi connectivity index (χ4v) is 1.82. The van der Waals surface area contributed by atoms with E-state index in [0.29, 0.717) is 11.8 Å². The molecule has 1 aromatic carbocycles. The Kier molecular flexibility index (Phi) is 4.04. The number of ether oxygens (including phenoxy) is 2. The van der Waals surface area contributed by atoms with Crippen molar-refractivity contribution in [2.75, 3.05) is 31.0 Å². The van der Waals surface area contributed by atoms with Gasteiger partial charge < -0.3 is 20.1 Å². The average molecular weight is 250 g/mol. The van der Waals surface area contributed by atoms with Gasteiger partial charge in [0.1, 0.15) is 5.75 Å². The molecule has 0 saturated carbocycles. The highest BCUT2D eigenvalue weighted by Gasteiger charge is 2.16. The lowest BCUT2D eigenvalue weighted by Crippen LogP contribution is -2.25. The Balaban J connectivity index is 2.02. The zero-order valence-electron chi connectivity index (χ0n) is 10.7. The van der Waals surface area contributed by atoms with Gasteiger partial charge in [-0.3, -0.25) is 4.79 Å². The van der Waals surface area contributed by atoms with Gasteiger partial charge in [0.05, 0.1) is 5.69 Å². The van der Waals surface area contributed by atoms with Crippen molar-refractivity contribution >= 4 is 17.3 Å². The van der Waals surface area contributed by atoms with Crippen LogP contribution < -0.4 is 15.4 Å². The van der Waals surface area contributed by atoms with Crippen LogP contribution in [-0.4, -0.2) is 32.3 Å². The molecule has 1 aliphatic heterocycles. The highest BCUT2D eigenvalue weighted by molar-refractivity contribution is 5.96. The van der Waals surface area contributed by atoms with Gasteiger partial charge in [0.25, 0.3) is 5.91 Å². The fraction of sp³-hybridized carbons (Fsp3) is 0.462. The summed E-state index contributed by atoms with van der Waals surface area (Å²) in [4.78, 5) is 11.2. The summed E-state index contributed by atoms with van der Waals surface area (Å²) in [7, 11) is 1.69. The lowest BCUT2D eigenvalue weighted by Gasteiger charge is -2.20. The van der Waals surface area contributed by atoms with Crippen molar-refractivity contribution in [3.8, 4) is 5.75 Å². The Hall–Kier alpha value is -1.75. The second kappa shape index (κ2) is 5.73. The average Bonchev–Trinajstić information content (AvgIpc) is 2.36. The van der Waals surface area contributed by atoms with E-state index in [2.05, 4.69) is 17.6 Å². The van der Waals surface area contributed by atoms with Crippen molar-refractivity contribution in [2.45, 2.75) is 19.4 Å². The summed E-state index contributed by atoms with van der Waals surface area (Å²) in [5.74, 6) is 0.594. The predicted molar refractivity (Wildman–Crippen MR) is 70.1 cm³/mol. The van der Waals surface area contributed by atoms with E-state index in [1.165, 1.54) is 0 Å². The van der Waals surface area contributed by atoms with E-state index in [0.717, 1.165) is 24.4 Å². The molecule has 1 atom stereocenters. The van der Waals surface area contributed by atoms with E-state index in [9.17, 15) is 4.79 Å². The molecule has 5 heteroatoms. The normalized spacial score (nSPS) is 15.3. The van der Waals surface area contributed by atoms with Gasteiger partial charge in [-0.15, -0.1) is 0 Å². The topological polar surface area (TPSA) is 59.6 Å². The first-order valence-corrected chi connectivity index (χ1v) is 6.01. The van der Waals surface area contributed by atoms with Gasteiger partial charge in [-0.25, -0.2) is 0 Å². The van der Waals surface area contributed by atoms with E-state index in [-0.39, 0.29) is 12.5 Å². The van der Waals surface area contributed by atoms with Crippen LogP contribution in [0.2, 0.25) is 0 Å². The molecule has 0 saturated heterocycles. The first-order valence-electron chi connectivity index (χ1n) is 6.01. The third kappa shape index (κ3) is 3.13. The first kappa shape index (κ1) is 12.7. The van der Waals surface area contributed by atoms with E-state index in [4.69, 9.17) is 9.47 Å². The molecule has 5 nitrogen and oxygen atoms in total. The summed E-state index contributed by atoms with van der Waals surface area (Å²) >= 11 is 0. The molecule has 1 unspecified atom stereocenters. The largest absolute Gasteiger partial charge is 0.482 e. The molecule has 0 aliphatic carbocycles. The van der Waals surface area contributed by atoms with Crippen LogP contribution in [0.25, 0.3) is 0 Å². The maximum atomic E-state index is 11.2. The molecule has 1 aromatic rings. The summed E-state index contributed by atoms with van der Waals surface area (Å²) in [6, 6.07) is 6.00. The minimum atomic E-state index is -0.118. The smallest absolute Gasteiger partial charge is 0.262 e. The van der Waals surface area contributed by atoms with Crippen molar-refractivity contribution in [1.82, 2.24) is 0 Å². The van der Waals surface area contributed by atoms with Gasteiger partial charge in [0.2, 0.25) is 0 Å². The summed E-state index contributed by atoms with van der Waals surface area (Å²) in [6.07, 6.45) is 0.927. The van der Waals surface area contributed by atoms with Crippen LogP contribution in [0.3, 0.4) is 0 Å². The number of hydrogen-bond donors (Lipinski definition) is 2. The number of benzene rings is 1. The number of methoxy groups -OCH3 is 1. The van der Waals surface area contributed by atoms with Gasteiger partial charge >= 0.3 is 0 Å². The quantitative estimate of drug-likeness (QED) is 0.837. The maximum Gasteiger partial charge on any atom is 0.262 e. The third-order valence-corrected chi connectivity index (χ3v) is 2.78. The Morgan fingerprint density at radius 1 is 1.56 bits per heavy atom. The lowest BCUT2D eigenvalue weighted by atomic mass is 10.2. The van der Waals surface area contributed by atoms with Crippen LogP contribution in [0.4, 0.5) is 11.4 Å². The van der Waals surface area contributed by atoms with Crippen molar-refractivity contribution in [1.29, 1.82) is 0 Å². The van der Waals surface area contributed by atoms with Crippen molar-refractivity contribution in [3.63, 3.8) is 0 Å². The van der Waals surface area contributed by atoms with Gasteiger partial charge in [-0.05, 0) is 31.5 Å². The van der Waals surface area contributed by atoms with Crippen LogP contribution in [0.1, 0.15) is 13.3 Å². The molecule has 1 heterocycles. The van der Waals surface area contributed by atoms with Crippen molar-refractivity contribution < 1.29 is 14.3 Å². The minimum Gasteiger partial charge on any atom is -0.482 e. The number of fused-ring (bicyclic) bond motifs is 1. The SMILES string of the molecule is COCCC(C)Nc1ccc2c(c1)NC(=O)CO2.